The first-order valence-electron chi connectivity index (χ1n) is 8.70. The van der Waals surface area contributed by atoms with Crippen LogP contribution in [0.2, 0.25) is 0 Å². The molecule has 0 atom stereocenters. The third-order valence-electron chi connectivity index (χ3n) is 4.28. The van der Waals surface area contributed by atoms with Crippen LogP contribution in [0.1, 0.15) is 92.9 Å². The summed E-state index contributed by atoms with van der Waals surface area (Å²) in [6, 6.07) is 0.601. The zero-order valence-corrected chi connectivity index (χ0v) is 15.3. The summed E-state index contributed by atoms with van der Waals surface area (Å²) < 4.78 is 0. The lowest BCUT2D eigenvalue weighted by molar-refractivity contribution is 0.0634. The van der Waals surface area contributed by atoms with Crippen molar-refractivity contribution in [3.05, 3.63) is 33.9 Å². The molecule has 0 aliphatic rings. The van der Waals surface area contributed by atoms with E-state index in [1.165, 1.54) is 0 Å². The summed E-state index contributed by atoms with van der Waals surface area (Å²) in [7, 11) is 0. The van der Waals surface area contributed by atoms with E-state index in [0.717, 1.165) is 19.3 Å². The average molecular weight is 380 g/mol. The fourth-order valence-corrected chi connectivity index (χ4v) is 3.02. The Morgan fingerprint density at radius 3 is 1.56 bits per heavy atom. The van der Waals surface area contributed by atoms with Crippen LogP contribution in [0.25, 0.3) is 0 Å². The Labute approximate surface area is 156 Å². The highest BCUT2D eigenvalue weighted by molar-refractivity contribution is 6.10. The number of hydrogen-bond donors (Lipinski definition) is 4. The zero-order chi connectivity index (χ0) is 20.7. The van der Waals surface area contributed by atoms with Crippen molar-refractivity contribution in [3.8, 4) is 0 Å². The first-order chi connectivity index (χ1) is 12.6. The van der Waals surface area contributed by atoms with Gasteiger partial charge in [-0.2, -0.15) is 0 Å². The van der Waals surface area contributed by atoms with Crippen molar-refractivity contribution in [1.82, 2.24) is 0 Å². The lowest BCUT2D eigenvalue weighted by Crippen LogP contribution is -2.20. The smallest absolute Gasteiger partial charge is 0.336 e. The van der Waals surface area contributed by atoms with Crippen LogP contribution >= 0.6 is 0 Å². The topological polar surface area (TPSA) is 149 Å². The molecule has 0 aliphatic heterocycles. The second-order valence-corrected chi connectivity index (χ2v) is 6.77. The van der Waals surface area contributed by atoms with Gasteiger partial charge in [-0.3, -0.25) is 0 Å². The van der Waals surface area contributed by atoms with Gasteiger partial charge in [0.1, 0.15) is 0 Å². The second-order valence-electron chi connectivity index (χ2n) is 6.77. The van der Waals surface area contributed by atoms with Gasteiger partial charge in [0.25, 0.3) is 0 Å². The summed E-state index contributed by atoms with van der Waals surface area (Å²) in [5, 5.41) is 37.4. The van der Waals surface area contributed by atoms with Crippen molar-refractivity contribution in [3.63, 3.8) is 0 Å². The van der Waals surface area contributed by atoms with Gasteiger partial charge < -0.3 is 20.4 Å². The van der Waals surface area contributed by atoms with Crippen molar-refractivity contribution >= 4 is 23.9 Å². The number of rotatable bonds is 11. The van der Waals surface area contributed by atoms with Crippen LogP contribution in [-0.2, 0) is 6.42 Å². The largest absolute Gasteiger partial charge is 0.478 e. The van der Waals surface area contributed by atoms with Gasteiger partial charge >= 0.3 is 23.9 Å². The van der Waals surface area contributed by atoms with Gasteiger partial charge in [-0.1, -0.05) is 39.5 Å². The molecule has 0 spiro atoms. The molecule has 0 heterocycles. The predicted molar refractivity (Wildman–Crippen MR) is 95.9 cm³/mol. The first-order valence-corrected chi connectivity index (χ1v) is 8.70. The quantitative estimate of drug-likeness (QED) is 0.425. The molecule has 0 saturated carbocycles. The molecular weight excluding hydrogens is 356 g/mol. The van der Waals surface area contributed by atoms with Crippen LogP contribution in [0, 0.1) is 5.92 Å². The second kappa shape index (κ2) is 9.70. The number of carbonyl (C=O) groups is 4. The van der Waals surface area contributed by atoms with Gasteiger partial charge in [-0.25, -0.2) is 19.2 Å². The minimum absolute atomic E-state index is 0.0215. The van der Waals surface area contributed by atoms with Crippen molar-refractivity contribution in [1.29, 1.82) is 0 Å². The van der Waals surface area contributed by atoms with E-state index in [4.69, 9.17) is 0 Å². The maximum Gasteiger partial charge on any atom is 0.336 e. The molecule has 0 amide bonds. The van der Waals surface area contributed by atoms with E-state index in [2.05, 4.69) is 13.8 Å². The van der Waals surface area contributed by atoms with Crippen LogP contribution in [0.4, 0.5) is 0 Å². The van der Waals surface area contributed by atoms with E-state index < -0.39 is 46.1 Å². The maximum atomic E-state index is 11.6. The minimum atomic E-state index is -1.62. The monoisotopic (exact) mass is 380 g/mol. The van der Waals surface area contributed by atoms with E-state index in [1.54, 1.807) is 0 Å². The molecule has 0 unspecified atom stereocenters. The van der Waals surface area contributed by atoms with Crippen LogP contribution in [0.3, 0.4) is 0 Å². The van der Waals surface area contributed by atoms with Gasteiger partial charge in [-0.05, 0) is 30.4 Å². The van der Waals surface area contributed by atoms with Gasteiger partial charge in [0.2, 0.25) is 0 Å². The highest BCUT2D eigenvalue weighted by Gasteiger charge is 2.30. The van der Waals surface area contributed by atoms with Crippen molar-refractivity contribution in [2.75, 3.05) is 0 Å². The van der Waals surface area contributed by atoms with Gasteiger partial charge in [0.05, 0.1) is 22.3 Å². The normalized spacial score (nSPS) is 10.8. The van der Waals surface area contributed by atoms with E-state index in [9.17, 15) is 39.6 Å². The summed E-state index contributed by atoms with van der Waals surface area (Å²) in [4.78, 5) is 46.0. The standard InChI is InChI=1S/C19H24O8/c1-10(2)7-5-3-4-6-8-11-14(18(24)25)12(16(20)21)9-13(17(22)23)15(11)19(26)27/h9-10H,3-8H2,1-2H3,(H,20,21)(H,22,23)(H,24,25)(H,26,27). The van der Waals surface area contributed by atoms with Gasteiger partial charge in [0, 0.05) is 0 Å². The number of hydrogen-bond acceptors (Lipinski definition) is 4. The van der Waals surface area contributed by atoms with Crippen molar-refractivity contribution in [2.24, 2.45) is 5.92 Å². The number of unbranched alkanes of at least 4 members (excludes halogenated alkanes) is 3. The Hall–Kier alpha value is -2.90. The summed E-state index contributed by atoms with van der Waals surface area (Å²) in [6.07, 6.45) is 3.99. The van der Waals surface area contributed by atoms with Crippen molar-refractivity contribution < 1.29 is 39.6 Å². The average Bonchev–Trinajstić information content (AvgIpc) is 2.55. The lowest BCUT2D eigenvalue weighted by atomic mass is 9.88. The van der Waals surface area contributed by atoms with E-state index >= 15 is 0 Å². The molecule has 1 aromatic carbocycles. The molecule has 0 fully saturated rings. The maximum absolute atomic E-state index is 11.6. The fraction of sp³-hybridized carbons (Fsp3) is 0.474. The van der Waals surface area contributed by atoms with Crippen LogP contribution in [0.15, 0.2) is 6.07 Å². The van der Waals surface area contributed by atoms with Crippen LogP contribution < -0.4 is 0 Å². The SMILES string of the molecule is CC(C)CCCCCCc1c(C(=O)O)c(C(=O)O)cc(C(=O)O)c1C(=O)O. The Balaban J connectivity index is 3.31. The Bertz CT molecular complexity index is 698. The third kappa shape index (κ3) is 5.80. The molecule has 4 N–H and O–H groups in total. The molecule has 0 saturated heterocycles. The predicted octanol–water partition coefficient (Wildman–Crippen LogP) is 3.63. The van der Waals surface area contributed by atoms with E-state index in [-0.39, 0.29) is 12.0 Å². The zero-order valence-electron chi connectivity index (χ0n) is 15.3. The molecule has 1 rings (SSSR count). The molecule has 0 aromatic heterocycles. The minimum Gasteiger partial charge on any atom is -0.478 e. The highest BCUT2D eigenvalue weighted by Crippen LogP contribution is 2.27. The molecule has 0 bridgehead atoms. The Morgan fingerprint density at radius 1 is 0.741 bits per heavy atom. The van der Waals surface area contributed by atoms with Gasteiger partial charge in [-0.15, -0.1) is 0 Å². The molecule has 8 nitrogen and oxygen atoms in total. The number of carboxylic acid groups (broad SMARTS) is 4. The Morgan fingerprint density at radius 2 is 1.19 bits per heavy atom. The summed E-state index contributed by atoms with van der Waals surface area (Å²) in [5.41, 5.74) is -3.02. The summed E-state index contributed by atoms with van der Waals surface area (Å²) in [5.74, 6) is -5.87. The molecule has 0 aliphatic carbocycles. The van der Waals surface area contributed by atoms with E-state index in [0.29, 0.717) is 24.8 Å². The number of carboxylic acids is 4. The molecule has 0 radical (unpaired) electrons. The third-order valence-corrected chi connectivity index (χ3v) is 4.28. The molecular formula is C19H24O8. The molecule has 148 valence electrons. The van der Waals surface area contributed by atoms with Crippen LogP contribution in [0.5, 0.6) is 0 Å². The van der Waals surface area contributed by atoms with Crippen molar-refractivity contribution in [2.45, 2.75) is 52.4 Å². The molecule has 27 heavy (non-hydrogen) atoms. The molecule has 8 heteroatoms. The highest BCUT2D eigenvalue weighted by atomic mass is 16.4. The number of benzene rings is 1. The number of aromatic carboxylic acids is 4. The van der Waals surface area contributed by atoms with Gasteiger partial charge in [0.15, 0.2) is 0 Å². The fourth-order valence-electron chi connectivity index (χ4n) is 3.02. The lowest BCUT2D eigenvalue weighted by Gasteiger charge is -2.15. The van der Waals surface area contributed by atoms with Crippen LogP contribution in [-0.4, -0.2) is 44.3 Å². The summed E-state index contributed by atoms with van der Waals surface area (Å²) in [6.45, 7) is 4.20. The molecule has 1 aromatic rings. The first kappa shape index (κ1) is 22.1. The Kier molecular flexibility index (Phi) is 7.96. The van der Waals surface area contributed by atoms with E-state index in [1.807, 2.05) is 0 Å². The summed E-state index contributed by atoms with van der Waals surface area (Å²) >= 11 is 0.